The maximum Gasteiger partial charge on any atom is 0.236 e. The number of hydrogen-bond donors (Lipinski definition) is 1. The van der Waals surface area contributed by atoms with Crippen molar-refractivity contribution in [1.82, 2.24) is 15.0 Å². The molecular weight excluding hydrogens is 399 g/mol. The minimum atomic E-state index is -0.154. The van der Waals surface area contributed by atoms with E-state index in [0.29, 0.717) is 26.8 Å². The molecule has 1 aromatic carbocycles. The van der Waals surface area contributed by atoms with E-state index in [0.717, 1.165) is 10.4 Å². The van der Waals surface area contributed by atoms with Gasteiger partial charge in [-0.05, 0) is 29.8 Å². The van der Waals surface area contributed by atoms with Crippen LogP contribution in [0.1, 0.15) is 10.4 Å². The Balaban J connectivity index is 1.56. The Morgan fingerprint density at radius 3 is 2.80 bits per heavy atom. The van der Waals surface area contributed by atoms with E-state index in [1.165, 1.54) is 23.1 Å². The molecule has 2 heterocycles. The number of thiazole rings is 1. The number of halogens is 2. The Labute approximate surface area is 162 Å². The van der Waals surface area contributed by atoms with Crippen molar-refractivity contribution in [2.75, 3.05) is 11.1 Å². The molecule has 0 spiro atoms. The summed E-state index contributed by atoms with van der Waals surface area (Å²) >= 11 is 14.9. The molecule has 0 saturated carbocycles. The molecule has 1 amide bonds. The topological polar surface area (TPSA) is 67.8 Å². The van der Waals surface area contributed by atoms with Gasteiger partial charge in [0.05, 0.1) is 5.75 Å². The molecule has 3 aromatic rings. The summed E-state index contributed by atoms with van der Waals surface area (Å²) in [5, 5.41) is 5.18. The number of nitrogens with one attached hydrogen (secondary N) is 1. The van der Waals surface area contributed by atoms with Crippen LogP contribution in [-0.2, 0) is 11.2 Å². The van der Waals surface area contributed by atoms with Crippen LogP contribution >= 0.6 is 46.3 Å². The Bertz CT molecular complexity index is 874. The fourth-order valence-corrected chi connectivity index (χ4v) is 3.79. The fraction of sp³-hybridized carbons (Fsp3) is 0.125. The van der Waals surface area contributed by atoms with E-state index in [1.807, 2.05) is 6.07 Å². The monoisotopic (exact) mass is 410 g/mol. The quantitative estimate of drug-likeness (QED) is 0.476. The predicted molar refractivity (Wildman–Crippen MR) is 103 cm³/mol. The molecule has 1 N–H and O–H groups in total. The van der Waals surface area contributed by atoms with Crippen LogP contribution in [0.4, 0.5) is 5.13 Å². The van der Waals surface area contributed by atoms with Crippen LogP contribution in [0.25, 0.3) is 0 Å². The van der Waals surface area contributed by atoms with Crippen LogP contribution in [0.5, 0.6) is 0 Å². The van der Waals surface area contributed by atoms with Gasteiger partial charge in [-0.2, -0.15) is 0 Å². The number of nitrogens with zero attached hydrogens (tertiary/aromatic N) is 3. The summed E-state index contributed by atoms with van der Waals surface area (Å²) in [4.78, 5) is 25.3. The summed E-state index contributed by atoms with van der Waals surface area (Å²) in [6.07, 6.45) is 5.62. The van der Waals surface area contributed by atoms with Crippen molar-refractivity contribution in [3.05, 3.63) is 63.3 Å². The summed E-state index contributed by atoms with van der Waals surface area (Å²) < 4.78 is 0. The number of carbonyl (C=O) groups is 1. The number of carbonyl (C=O) groups excluding carboxylic acids is 1. The van der Waals surface area contributed by atoms with E-state index in [4.69, 9.17) is 23.2 Å². The van der Waals surface area contributed by atoms with Crippen LogP contribution in [0, 0.1) is 0 Å². The van der Waals surface area contributed by atoms with Crippen LogP contribution in [-0.4, -0.2) is 26.6 Å². The lowest BCUT2D eigenvalue weighted by Gasteiger charge is -2.02. The van der Waals surface area contributed by atoms with Crippen molar-refractivity contribution >= 4 is 57.3 Å². The molecule has 5 nitrogen and oxygen atoms in total. The fourth-order valence-electron chi connectivity index (χ4n) is 1.96. The first-order valence-electron chi connectivity index (χ1n) is 7.18. The minimum absolute atomic E-state index is 0.154. The molecule has 0 radical (unpaired) electrons. The second kappa shape index (κ2) is 8.62. The van der Waals surface area contributed by atoms with Crippen LogP contribution < -0.4 is 5.32 Å². The Hall–Kier alpha value is -1.67. The van der Waals surface area contributed by atoms with E-state index >= 15 is 0 Å². The number of aromatic nitrogens is 3. The van der Waals surface area contributed by atoms with E-state index in [2.05, 4.69) is 20.3 Å². The summed E-state index contributed by atoms with van der Waals surface area (Å²) in [6, 6.07) is 7.08. The molecule has 128 valence electrons. The number of thioether (sulfide) groups is 1. The van der Waals surface area contributed by atoms with Crippen molar-refractivity contribution < 1.29 is 4.79 Å². The highest BCUT2D eigenvalue weighted by Crippen LogP contribution is 2.27. The molecule has 0 atom stereocenters. The summed E-state index contributed by atoms with van der Waals surface area (Å²) in [5.74, 6) is 0.0677. The lowest BCUT2D eigenvalue weighted by Crippen LogP contribution is -2.13. The SMILES string of the molecule is O=C(CSc1ncccn1)Nc1ncc(Cc2cc(Cl)ccc2Cl)s1. The standard InChI is InChI=1S/C16H12Cl2N4OS2/c17-11-2-3-13(18)10(6-11)7-12-8-21-16(25-12)22-14(23)9-24-15-19-4-1-5-20-15/h1-6,8H,7,9H2,(H,21,22,23). The molecule has 0 aliphatic rings. The van der Waals surface area contributed by atoms with Crippen molar-refractivity contribution in [3.8, 4) is 0 Å². The largest absolute Gasteiger partial charge is 0.301 e. The van der Waals surface area contributed by atoms with E-state index in [1.54, 1.807) is 36.8 Å². The molecule has 25 heavy (non-hydrogen) atoms. The summed E-state index contributed by atoms with van der Waals surface area (Å²) in [5.41, 5.74) is 0.924. The molecule has 0 unspecified atom stereocenters. The average Bonchev–Trinajstić information content (AvgIpc) is 3.04. The molecule has 0 fully saturated rings. The van der Waals surface area contributed by atoms with Gasteiger partial charge in [-0.3, -0.25) is 4.79 Å². The number of anilines is 1. The van der Waals surface area contributed by atoms with Crippen LogP contribution in [0.15, 0.2) is 48.0 Å². The number of hydrogen-bond acceptors (Lipinski definition) is 6. The number of amides is 1. The highest BCUT2D eigenvalue weighted by atomic mass is 35.5. The normalized spacial score (nSPS) is 10.6. The maximum atomic E-state index is 12.0. The first-order chi connectivity index (χ1) is 12.1. The Kier molecular flexibility index (Phi) is 6.25. The van der Waals surface area contributed by atoms with Crippen LogP contribution in [0.2, 0.25) is 10.0 Å². The summed E-state index contributed by atoms with van der Waals surface area (Å²) in [7, 11) is 0. The Morgan fingerprint density at radius 1 is 1.20 bits per heavy atom. The van der Waals surface area contributed by atoms with Crippen LogP contribution in [0.3, 0.4) is 0 Å². The molecule has 9 heteroatoms. The molecule has 2 aromatic heterocycles. The second-order valence-corrected chi connectivity index (χ2v) is 7.81. The van der Waals surface area contributed by atoms with Gasteiger partial charge in [0, 0.05) is 39.9 Å². The second-order valence-electron chi connectivity index (χ2n) is 4.91. The lowest BCUT2D eigenvalue weighted by atomic mass is 10.1. The number of rotatable bonds is 6. The molecular formula is C16H12Cl2N4OS2. The third-order valence-electron chi connectivity index (χ3n) is 3.05. The van der Waals surface area contributed by atoms with Crippen molar-refractivity contribution in [2.45, 2.75) is 11.6 Å². The molecule has 0 bridgehead atoms. The van der Waals surface area contributed by atoms with Crippen molar-refractivity contribution in [1.29, 1.82) is 0 Å². The van der Waals surface area contributed by atoms with Gasteiger partial charge in [0.2, 0.25) is 5.91 Å². The first-order valence-corrected chi connectivity index (χ1v) is 9.74. The van der Waals surface area contributed by atoms with E-state index in [-0.39, 0.29) is 11.7 Å². The Morgan fingerprint density at radius 2 is 2.00 bits per heavy atom. The van der Waals surface area contributed by atoms with Gasteiger partial charge in [0.1, 0.15) is 0 Å². The maximum absolute atomic E-state index is 12.0. The van der Waals surface area contributed by atoms with Crippen molar-refractivity contribution in [3.63, 3.8) is 0 Å². The third kappa shape index (κ3) is 5.40. The minimum Gasteiger partial charge on any atom is -0.301 e. The van der Waals surface area contributed by atoms with E-state index in [9.17, 15) is 4.79 Å². The third-order valence-corrected chi connectivity index (χ3v) is 5.44. The highest BCUT2D eigenvalue weighted by molar-refractivity contribution is 7.99. The van der Waals surface area contributed by atoms with E-state index < -0.39 is 0 Å². The smallest absolute Gasteiger partial charge is 0.236 e. The van der Waals surface area contributed by atoms with Gasteiger partial charge in [-0.15, -0.1) is 11.3 Å². The molecule has 0 aliphatic heterocycles. The van der Waals surface area contributed by atoms with Gasteiger partial charge in [-0.25, -0.2) is 15.0 Å². The van der Waals surface area contributed by atoms with Gasteiger partial charge >= 0.3 is 0 Å². The van der Waals surface area contributed by atoms with Crippen molar-refractivity contribution in [2.24, 2.45) is 0 Å². The average molecular weight is 411 g/mol. The van der Waals surface area contributed by atoms with Gasteiger partial charge in [0.15, 0.2) is 10.3 Å². The zero-order chi connectivity index (χ0) is 17.6. The predicted octanol–water partition coefficient (Wildman–Crippen LogP) is 4.56. The van der Waals surface area contributed by atoms with Gasteiger partial charge in [-0.1, -0.05) is 35.0 Å². The van der Waals surface area contributed by atoms with Gasteiger partial charge < -0.3 is 5.32 Å². The number of benzene rings is 1. The zero-order valence-electron chi connectivity index (χ0n) is 12.8. The molecule has 3 rings (SSSR count). The summed E-state index contributed by atoms with van der Waals surface area (Å²) in [6.45, 7) is 0. The van der Waals surface area contributed by atoms with Gasteiger partial charge in [0.25, 0.3) is 0 Å². The molecule has 0 aliphatic carbocycles. The highest BCUT2D eigenvalue weighted by Gasteiger charge is 2.10. The first kappa shape index (κ1) is 18.1. The lowest BCUT2D eigenvalue weighted by molar-refractivity contribution is -0.113. The molecule has 0 saturated heterocycles. The zero-order valence-corrected chi connectivity index (χ0v) is 15.9.